The van der Waals surface area contributed by atoms with Crippen LogP contribution in [0.2, 0.25) is 0 Å². The molecule has 1 spiro atoms. The zero-order valence-corrected chi connectivity index (χ0v) is 21.7. The Morgan fingerprint density at radius 1 is 1.15 bits per heavy atom. The second-order valence-corrected chi connectivity index (χ2v) is 11.2. The fourth-order valence-corrected chi connectivity index (χ4v) is 6.89. The number of aromatic amines is 1. The minimum atomic E-state index is -1.61. The van der Waals surface area contributed by atoms with Gasteiger partial charge in [-0.25, -0.2) is 18.2 Å². The van der Waals surface area contributed by atoms with Gasteiger partial charge >= 0.3 is 0 Å². The lowest BCUT2D eigenvalue weighted by Crippen LogP contribution is -2.52. The van der Waals surface area contributed by atoms with Crippen molar-refractivity contribution >= 4 is 11.8 Å². The molecule has 0 aromatic carbocycles. The van der Waals surface area contributed by atoms with Gasteiger partial charge in [0, 0.05) is 35.7 Å². The van der Waals surface area contributed by atoms with Crippen LogP contribution in [0.5, 0.6) is 5.88 Å². The zero-order valence-electron chi connectivity index (χ0n) is 21.7. The third-order valence-electron chi connectivity index (χ3n) is 8.99. The molecule has 2 amide bonds. The molecule has 3 aliphatic heterocycles. The first-order valence-corrected chi connectivity index (χ1v) is 13.6. The standard InChI is InChI=1S/C27H32F3N5O4/c1-38-23-10-18(19(28)12-31-23)21-11-22(34-33-21)26(37)35-16-2-3-17(35)9-14(8-16)25(36)32-15-4-6-27(7-5-15)24(30)20(29)13-39-27/h10-12,14-17,20,24H,2-9,13H2,1H3,(H,32,36)(H,33,34)/t14?,15?,16-,17+,20?,24?,27?. The zero-order chi connectivity index (χ0) is 27.3. The van der Waals surface area contributed by atoms with Gasteiger partial charge in [-0.05, 0) is 57.4 Å². The number of methoxy groups -OCH3 is 1. The SMILES string of the molecule is COc1cc(-c2cc(C(=O)N3[C@@H]4CC[C@H]3CC(C(=O)NC3CCC5(CC3)OCC(F)C5F)C4)n[nH]2)c(F)cn1. The van der Waals surface area contributed by atoms with Crippen LogP contribution in [0.15, 0.2) is 18.3 Å². The number of pyridine rings is 1. The molecule has 5 heterocycles. The highest BCUT2D eigenvalue weighted by molar-refractivity contribution is 5.94. The maximum absolute atomic E-state index is 14.4. The predicted molar refractivity (Wildman–Crippen MR) is 133 cm³/mol. The molecule has 2 aromatic rings. The lowest BCUT2D eigenvalue weighted by atomic mass is 9.79. The van der Waals surface area contributed by atoms with Gasteiger partial charge in [0.2, 0.25) is 11.8 Å². The number of piperidine rings is 1. The number of carbonyl (C=O) groups is 2. The summed E-state index contributed by atoms with van der Waals surface area (Å²) in [5.74, 6) is -0.831. The first-order chi connectivity index (χ1) is 18.8. The average Bonchev–Trinajstić information content (AvgIpc) is 3.61. The van der Waals surface area contributed by atoms with Crippen LogP contribution in [-0.2, 0) is 9.53 Å². The summed E-state index contributed by atoms with van der Waals surface area (Å²) in [5.41, 5.74) is -0.317. The van der Waals surface area contributed by atoms with E-state index in [0.717, 1.165) is 19.0 Å². The molecule has 5 atom stereocenters. The van der Waals surface area contributed by atoms with Crippen molar-refractivity contribution in [1.29, 1.82) is 0 Å². The van der Waals surface area contributed by atoms with E-state index in [9.17, 15) is 22.8 Å². The van der Waals surface area contributed by atoms with Crippen LogP contribution >= 0.6 is 0 Å². The fraction of sp³-hybridized carbons (Fsp3) is 0.630. The Labute approximate surface area is 223 Å². The molecule has 39 heavy (non-hydrogen) atoms. The van der Waals surface area contributed by atoms with Crippen molar-refractivity contribution < 1.29 is 32.2 Å². The summed E-state index contributed by atoms with van der Waals surface area (Å²) in [5, 5.41) is 10.0. The van der Waals surface area contributed by atoms with E-state index in [2.05, 4.69) is 20.5 Å². The average molecular weight is 548 g/mol. The topological polar surface area (TPSA) is 109 Å². The Hall–Kier alpha value is -3.15. The van der Waals surface area contributed by atoms with Crippen molar-refractivity contribution in [2.45, 2.75) is 87.4 Å². The number of alkyl halides is 2. The Morgan fingerprint density at radius 2 is 1.87 bits per heavy atom. The molecule has 1 aliphatic carbocycles. The number of carbonyl (C=O) groups excluding carboxylic acids is 2. The van der Waals surface area contributed by atoms with Crippen LogP contribution in [0.25, 0.3) is 11.3 Å². The summed E-state index contributed by atoms with van der Waals surface area (Å²) in [6, 6.07) is 2.70. The summed E-state index contributed by atoms with van der Waals surface area (Å²) in [6.07, 6.45) is 2.46. The number of nitrogens with one attached hydrogen (secondary N) is 2. The molecular formula is C27H32F3N5O4. The number of hydrogen-bond donors (Lipinski definition) is 2. The largest absolute Gasteiger partial charge is 0.481 e. The van der Waals surface area contributed by atoms with E-state index in [0.29, 0.717) is 44.2 Å². The fourth-order valence-electron chi connectivity index (χ4n) is 6.89. The lowest BCUT2D eigenvalue weighted by molar-refractivity contribution is -0.129. The second kappa shape index (κ2) is 10.1. The first kappa shape index (κ1) is 26.1. The molecule has 6 rings (SSSR count). The van der Waals surface area contributed by atoms with Gasteiger partial charge in [-0.2, -0.15) is 5.10 Å². The van der Waals surface area contributed by atoms with Crippen molar-refractivity contribution in [2.75, 3.05) is 13.7 Å². The van der Waals surface area contributed by atoms with Crippen LogP contribution in [0.4, 0.5) is 13.2 Å². The molecule has 4 aliphatic rings. The molecule has 4 fully saturated rings. The molecule has 2 aromatic heterocycles. The Kier molecular flexibility index (Phi) is 6.76. The maximum Gasteiger partial charge on any atom is 0.274 e. The summed E-state index contributed by atoms with van der Waals surface area (Å²) in [7, 11) is 1.43. The van der Waals surface area contributed by atoms with Crippen LogP contribution in [0.1, 0.15) is 61.9 Å². The molecule has 210 valence electrons. The normalized spacial score (nSPS) is 33.9. The number of amides is 2. The number of hydrogen-bond acceptors (Lipinski definition) is 6. The van der Waals surface area contributed by atoms with Crippen LogP contribution in [0.3, 0.4) is 0 Å². The number of fused-ring (bicyclic) bond motifs is 2. The molecular weight excluding hydrogens is 515 g/mol. The van der Waals surface area contributed by atoms with E-state index in [-0.39, 0.29) is 59.6 Å². The molecule has 3 unspecified atom stereocenters. The van der Waals surface area contributed by atoms with E-state index in [1.54, 1.807) is 0 Å². The quantitative estimate of drug-likeness (QED) is 0.593. The monoisotopic (exact) mass is 547 g/mol. The predicted octanol–water partition coefficient (Wildman–Crippen LogP) is 3.51. The number of aromatic nitrogens is 3. The van der Waals surface area contributed by atoms with E-state index in [1.165, 1.54) is 19.2 Å². The number of H-pyrrole nitrogens is 1. The minimum Gasteiger partial charge on any atom is -0.481 e. The first-order valence-electron chi connectivity index (χ1n) is 13.6. The number of halogens is 3. The van der Waals surface area contributed by atoms with Gasteiger partial charge in [-0.1, -0.05) is 0 Å². The van der Waals surface area contributed by atoms with Crippen molar-refractivity contribution in [2.24, 2.45) is 5.92 Å². The number of ether oxygens (including phenoxy) is 2. The van der Waals surface area contributed by atoms with Crippen LogP contribution in [-0.4, -0.2) is 81.7 Å². The van der Waals surface area contributed by atoms with Gasteiger partial charge in [0.05, 0.1) is 25.6 Å². The maximum atomic E-state index is 14.4. The highest BCUT2D eigenvalue weighted by Gasteiger charge is 2.53. The van der Waals surface area contributed by atoms with Crippen molar-refractivity contribution in [1.82, 2.24) is 25.4 Å². The minimum absolute atomic E-state index is 0.0448. The van der Waals surface area contributed by atoms with Gasteiger partial charge < -0.3 is 19.7 Å². The lowest BCUT2D eigenvalue weighted by Gasteiger charge is -2.40. The summed E-state index contributed by atoms with van der Waals surface area (Å²) in [4.78, 5) is 32.2. The van der Waals surface area contributed by atoms with Gasteiger partial charge in [0.15, 0.2) is 23.9 Å². The summed E-state index contributed by atoms with van der Waals surface area (Å²) >= 11 is 0. The molecule has 1 saturated carbocycles. The van der Waals surface area contributed by atoms with E-state index >= 15 is 0 Å². The van der Waals surface area contributed by atoms with Crippen molar-refractivity contribution in [3.8, 4) is 17.1 Å². The van der Waals surface area contributed by atoms with Gasteiger partial charge in [0.25, 0.3) is 5.91 Å². The van der Waals surface area contributed by atoms with Crippen LogP contribution in [0, 0.1) is 11.7 Å². The Balaban J connectivity index is 1.07. The molecule has 3 saturated heterocycles. The van der Waals surface area contributed by atoms with Crippen LogP contribution < -0.4 is 10.1 Å². The molecule has 0 radical (unpaired) electrons. The smallest absolute Gasteiger partial charge is 0.274 e. The highest BCUT2D eigenvalue weighted by atomic mass is 19.2. The molecule has 9 nitrogen and oxygen atoms in total. The third-order valence-corrected chi connectivity index (χ3v) is 8.99. The van der Waals surface area contributed by atoms with E-state index in [1.807, 2.05) is 4.90 Å². The molecule has 12 heteroatoms. The summed E-state index contributed by atoms with van der Waals surface area (Å²) in [6.45, 7) is -0.201. The highest BCUT2D eigenvalue weighted by Crippen LogP contribution is 2.43. The van der Waals surface area contributed by atoms with Crippen molar-refractivity contribution in [3.63, 3.8) is 0 Å². The van der Waals surface area contributed by atoms with Gasteiger partial charge in [-0.3, -0.25) is 14.7 Å². The third kappa shape index (κ3) is 4.66. The Bertz CT molecular complexity index is 1240. The van der Waals surface area contributed by atoms with Gasteiger partial charge in [0.1, 0.15) is 5.60 Å². The second-order valence-electron chi connectivity index (χ2n) is 11.2. The van der Waals surface area contributed by atoms with E-state index in [4.69, 9.17) is 9.47 Å². The number of nitrogens with zero attached hydrogens (tertiary/aromatic N) is 3. The van der Waals surface area contributed by atoms with Crippen molar-refractivity contribution in [3.05, 3.63) is 29.8 Å². The Morgan fingerprint density at radius 3 is 2.51 bits per heavy atom. The van der Waals surface area contributed by atoms with E-state index < -0.39 is 23.8 Å². The van der Waals surface area contributed by atoms with Gasteiger partial charge in [-0.15, -0.1) is 0 Å². The molecule has 2 N–H and O–H groups in total. The number of rotatable bonds is 5. The molecule has 2 bridgehead atoms. The summed E-state index contributed by atoms with van der Waals surface area (Å²) < 4.78 is 52.9.